The minimum atomic E-state index is -0.0782. The van der Waals surface area contributed by atoms with Crippen LogP contribution in [0.15, 0.2) is 24.3 Å². The number of hydrogen-bond donors (Lipinski definition) is 1. The van der Waals surface area contributed by atoms with Gasteiger partial charge in [-0.1, -0.05) is 18.2 Å². The number of carbonyl (C=O) groups excluding carboxylic acids is 1. The van der Waals surface area contributed by atoms with Gasteiger partial charge in [-0.05, 0) is 38.8 Å². The Bertz CT molecular complexity index is 677. The lowest BCUT2D eigenvalue weighted by Gasteiger charge is -2.16. The van der Waals surface area contributed by atoms with Gasteiger partial charge < -0.3 is 10.1 Å². The molecule has 0 aliphatic heterocycles. The molecule has 0 radical (unpaired) electrons. The van der Waals surface area contributed by atoms with Crippen LogP contribution in [0.1, 0.15) is 34.2 Å². The van der Waals surface area contributed by atoms with Crippen LogP contribution in [0.4, 0.5) is 0 Å². The van der Waals surface area contributed by atoms with E-state index in [-0.39, 0.29) is 11.9 Å². The largest absolute Gasteiger partial charge is 0.496 e. The van der Waals surface area contributed by atoms with E-state index >= 15 is 0 Å². The number of para-hydroxylation sites is 1. The van der Waals surface area contributed by atoms with Gasteiger partial charge in [0, 0.05) is 18.8 Å². The van der Waals surface area contributed by atoms with E-state index in [4.69, 9.17) is 4.74 Å². The number of aromatic nitrogens is 2. The third kappa shape index (κ3) is 3.30. The summed E-state index contributed by atoms with van der Waals surface area (Å²) in [6.07, 6.45) is 0.716. The van der Waals surface area contributed by atoms with Crippen molar-refractivity contribution >= 4 is 5.91 Å². The first-order chi connectivity index (χ1) is 10.4. The minimum Gasteiger partial charge on any atom is -0.496 e. The van der Waals surface area contributed by atoms with Gasteiger partial charge in [0.15, 0.2) is 0 Å². The van der Waals surface area contributed by atoms with Gasteiger partial charge in [0.25, 0.3) is 5.91 Å². The van der Waals surface area contributed by atoms with Crippen molar-refractivity contribution in [3.63, 3.8) is 0 Å². The molecule has 2 rings (SSSR count). The van der Waals surface area contributed by atoms with E-state index in [1.165, 1.54) is 0 Å². The molecule has 0 aliphatic carbocycles. The first-order valence-corrected chi connectivity index (χ1v) is 7.37. The van der Waals surface area contributed by atoms with Gasteiger partial charge in [0.05, 0.1) is 18.4 Å². The zero-order valence-corrected chi connectivity index (χ0v) is 13.8. The fourth-order valence-electron chi connectivity index (χ4n) is 2.65. The molecule has 22 heavy (non-hydrogen) atoms. The molecule has 1 N–H and O–H groups in total. The topological polar surface area (TPSA) is 56.1 Å². The molecule has 0 spiro atoms. The number of amides is 1. The number of benzene rings is 1. The summed E-state index contributed by atoms with van der Waals surface area (Å²) < 4.78 is 7.08. The number of hydrogen-bond acceptors (Lipinski definition) is 3. The monoisotopic (exact) mass is 301 g/mol. The van der Waals surface area contributed by atoms with Crippen LogP contribution in [0.2, 0.25) is 0 Å². The second kappa shape index (κ2) is 6.64. The fraction of sp³-hybridized carbons (Fsp3) is 0.412. The zero-order valence-electron chi connectivity index (χ0n) is 13.8. The van der Waals surface area contributed by atoms with Gasteiger partial charge in [-0.15, -0.1) is 0 Å². The average Bonchev–Trinajstić information content (AvgIpc) is 2.72. The highest BCUT2D eigenvalue weighted by atomic mass is 16.5. The Kier molecular flexibility index (Phi) is 4.85. The van der Waals surface area contributed by atoms with Crippen LogP contribution in [-0.2, 0) is 13.5 Å². The molecule has 0 fully saturated rings. The van der Waals surface area contributed by atoms with Gasteiger partial charge in [0.1, 0.15) is 5.75 Å². The maximum atomic E-state index is 12.5. The van der Waals surface area contributed by atoms with Crippen LogP contribution in [0.5, 0.6) is 5.75 Å². The number of rotatable bonds is 5. The predicted molar refractivity (Wildman–Crippen MR) is 86.3 cm³/mol. The molecule has 0 unspecified atom stereocenters. The number of carbonyl (C=O) groups is 1. The molecule has 0 saturated carbocycles. The molecule has 5 heteroatoms. The highest BCUT2D eigenvalue weighted by Crippen LogP contribution is 2.19. The van der Waals surface area contributed by atoms with Gasteiger partial charge in [0.2, 0.25) is 0 Å². The van der Waals surface area contributed by atoms with Crippen LogP contribution in [0.25, 0.3) is 0 Å². The Morgan fingerprint density at radius 3 is 2.64 bits per heavy atom. The van der Waals surface area contributed by atoms with Crippen molar-refractivity contribution in [1.29, 1.82) is 0 Å². The third-order valence-corrected chi connectivity index (χ3v) is 3.83. The van der Waals surface area contributed by atoms with Crippen LogP contribution < -0.4 is 10.1 Å². The van der Waals surface area contributed by atoms with Crippen LogP contribution in [-0.4, -0.2) is 28.8 Å². The molecule has 2 aromatic rings. The van der Waals surface area contributed by atoms with E-state index in [0.29, 0.717) is 12.0 Å². The quantitative estimate of drug-likeness (QED) is 0.922. The Labute approximate surface area is 131 Å². The molecule has 1 heterocycles. The standard InChI is InChI=1S/C17H23N3O2/c1-11(10-14-8-6-7-9-15(14)22-5)18-17(21)16-12(2)19-20(4)13(16)3/h6-9,11H,10H2,1-5H3,(H,18,21)/t11-/m1/s1. The van der Waals surface area contributed by atoms with Crippen molar-refractivity contribution in [2.24, 2.45) is 7.05 Å². The van der Waals surface area contributed by atoms with Crippen molar-refractivity contribution in [2.45, 2.75) is 33.2 Å². The molecule has 1 aromatic carbocycles. The lowest BCUT2D eigenvalue weighted by Crippen LogP contribution is -2.34. The van der Waals surface area contributed by atoms with Crippen LogP contribution >= 0.6 is 0 Å². The van der Waals surface area contributed by atoms with Crippen molar-refractivity contribution in [1.82, 2.24) is 15.1 Å². The summed E-state index contributed by atoms with van der Waals surface area (Å²) in [4.78, 5) is 12.5. The third-order valence-electron chi connectivity index (χ3n) is 3.83. The van der Waals surface area contributed by atoms with Crippen molar-refractivity contribution in [2.75, 3.05) is 7.11 Å². The number of nitrogens with one attached hydrogen (secondary N) is 1. The normalized spacial score (nSPS) is 12.0. The van der Waals surface area contributed by atoms with Gasteiger partial charge in [-0.25, -0.2) is 0 Å². The summed E-state index contributed by atoms with van der Waals surface area (Å²) in [7, 11) is 3.50. The van der Waals surface area contributed by atoms with E-state index in [1.54, 1.807) is 11.8 Å². The highest BCUT2D eigenvalue weighted by Gasteiger charge is 2.19. The molecular weight excluding hydrogens is 278 g/mol. The second-order valence-corrected chi connectivity index (χ2v) is 5.56. The molecule has 1 aromatic heterocycles. The van der Waals surface area contributed by atoms with E-state index < -0.39 is 0 Å². The number of aryl methyl sites for hydroxylation is 2. The SMILES string of the molecule is COc1ccccc1C[C@@H](C)NC(=O)c1c(C)nn(C)c1C. The first kappa shape index (κ1) is 16.1. The maximum Gasteiger partial charge on any atom is 0.255 e. The van der Waals surface area contributed by atoms with Crippen LogP contribution in [0.3, 0.4) is 0 Å². The molecule has 1 amide bonds. The van der Waals surface area contributed by atoms with E-state index in [1.807, 2.05) is 52.1 Å². The van der Waals surface area contributed by atoms with E-state index in [9.17, 15) is 4.79 Å². The number of ether oxygens (including phenoxy) is 1. The van der Waals surface area contributed by atoms with Crippen molar-refractivity contribution < 1.29 is 9.53 Å². The Balaban J connectivity index is 2.08. The summed E-state index contributed by atoms with van der Waals surface area (Å²) in [5, 5.41) is 7.33. The number of nitrogens with zero attached hydrogens (tertiary/aromatic N) is 2. The Morgan fingerprint density at radius 2 is 2.05 bits per heavy atom. The van der Waals surface area contributed by atoms with E-state index in [2.05, 4.69) is 10.4 Å². The lowest BCUT2D eigenvalue weighted by molar-refractivity contribution is 0.0938. The lowest BCUT2D eigenvalue weighted by atomic mass is 10.1. The summed E-state index contributed by atoms with van der Waals surface area (Å²) >= 11 is 0. The van der Waals surface area contributed by atoms with E-state index in [0.717, 1.165) is 22.7 Å². The Hall–Kier alpha value is -2.30. The molecule has 118 valence electrons. The van der Waals surface area contributed by atoms with Gasteiger partial charge in [-0.3, -0.25) is 9.48 Å². The zero-order chi connectivity index (χ0) is 16.3. The molecular formula is C17H23N3O2. The average molecular weight is 301 g/mol. The summed E-state index contributed by atoms with van der Waals surface area (Å²) in [6.45, 7) is 5.75. The predicted octanol–water partition coefficient (Wildman–Crippen LogP) is 2.41. The van der Waals surface area contributed by atoms with Crippen molar-refractivity contribution in [3.05, 3.63) is 46.8 Å². The summed E-state index contributed by atoms with van der Waals surface area (Å²) in [5.41, 5.74) is 3.37. The van der Waals surface area contributed by atoms with Gasteiger partial charge in [-0.2, -0.15) is 5.10 Å². The Morgan fingerprint density at radius 1 is 1.36 bits per heavy atom. The molecule has 0 aliphatic rings. The second-order valence-electron chi connectivity index (χ2n) is 5.56. The van der Waals surface area contributed by atoms with Crippen molar-refractivity contribution in [3.8, 4) is 5.75 Å². The summed E-state index contributed by atoms with van der Waals surface area (Å²) in [6, 6.07) is 7.86. The fourth-order valence-corrected chi connectivity index (χ4v) is 2.65. The molecule has 0 saturated heterocycles. The first-order valence-electron chi connectivity index (χ1n) is 7.37. The highest BCUT2D eigenvalue weighted by molar-refractivity contribution is 5.96. The maximum absolute atomic E-state index is 12.5. The summed E-state index contributed by atoms with van der Waals surface area (Å²) in [5.74, 6) is 0.767. The smallest absolute Gasteiger partial charge is 0.255 e. The van der Waals surface area contributed by atoms with Gasteiger partial charge >= 0.3 is 0 Å². The minimum absolute atomic E-state index is 0.00260. The van der Waals surface area contributed by atoms with Crippen LogP contribution in [0, 0.1) is 13.8 Å². The molecule has 0 bridgehead atoms. The number of methoxy groups -OCH3 is 1. The molecule has 1 atom stereocenters. The molecule has 5 nitrogen and oxygen atoms in total.